The maximum Gasteiger partial charge on any atom is 0.244 e. The fraction of sp³-hybridized carbons (Fsp3) is 0.211. The monoisotopic (exact) mass is 345 g/mol. The first kappa shape index (κ1) is 18.3. The minimum atomic E-state index is -0.476. The summed E-state index contributed by atoms with van der Waals surface area (Å²) in [4.78, 5) is 11.9. The molecule has 0 fully saturated rings. The van der Waals surface area contributed by atoms with Crippen LogP contribution in [-0.4, -0.2) is 27.2 Å². The average Bonchev–Trinajstić information content (AvgIpc) is 2.64. The SMILES string of the molecule is COc1ccc(/C=C/C(=O)NCc2ccc(OC)c(OC)c2)cc1F. The van der Waals surface area contributed by atoms with Crippen LogP contribution in [0.3, 0.4) is 0 Å². The summed E-state index contributed by atoms with van der Waals surface area (Å²) in [5.74, 6) is 0.619. The van der Waals surface area contributed by atoms with Crippen LogP contribution in [0.4, 0.5) is 4.39 Å². The zero-order valence-electron chi connectivity index (χ0n) is 14.3. The Kier molecular flexibility index (Phi) is 6.39. The highest BCUT2D eigenvalue weighted by atomic mass is 19.1. The fourth-order valence-electron chi connectivity index (χ4n) is 2.20. The van der Waals surface area contributed by atoms with E-state index in [0.29, 0.717) is 23.6 Å². The predicted molar refractivity (Wildman–Crippen MR) is 93.4 cm³/mol. The lowest BCUT2D eigenvalue weighted by Crippen LogP contribution is -2.20. The molecule has 0 bridgehead atoms. The van der Waals surface area contributed by atoms with Crippen molar-refractivity contribution in [2.24, 2.45) is 0 Å². The molecule has 0 aliphatic carbocycles. The quantitative estimate of drug-likeness (QED) is 0.783. The van der Waals surface area contributed by atoms with E-state index < -0.39 is 5.82 Å². The standard InChI is InChI=1S/C19H20FNO4/c1-23-16-7-4-13(10-15(16)20)6-9-19(22)21-12-14-5-8-17(24-2)18(11-14)25-3/h4-11H,12H2,1-3H3,(H,21,22)/b9-6+. The fourth-order valence-corrected chi connectivity index (χ4v) is 2.20. The van der Waals surface area contributed by atoms with Gasteiger partial charge in [-0.25, -0.2) is 4.39 Å². The van der Waals surface area contributed by atoms with Crippen LogP contribution in [0.25, 0.3) is 6.08 Å². The molecule has 5 nitrogen and oxygen atoms in total. The number of ether oxygens (including phenoxy) is 3. The van der Waals surface area contributed by atoms with Crippen molar-refractivity contribution in [3.63, 3.8) is 0 Å². The first-order valence-electron chi connectivity index (χ1n) is 7.57. The molecule has 0 aliphatic rings. The number of halogens is 1. The van der Waals surface area contributed by atoms with Gasteiger partial charge in [-0.1, -0.05) is 12.1 Å². The Morgan fingerprint density at radius 3 is 2.32 bits per heavy atom. The highest BCUT2D eigenvalue weighted by Crippen LogP contribution is 2.27. The molecule has 6 heteroatoms. The molecular formula is C19H20FNO4. The van der Waals surface area contributed by atoms with Crippen molar-refractivity contribution in [2.45, 2.75) is 6.54 Å². The van der Waals surface area contributed by atoms with E-state index in [4.69, 9.17) is 14.2 Å². The molecule has 0 saturated heterocycles. The second kappa shape index (κ2) is 8.73. The Labute approximate surface area is 146 Å². The highest BCUT2D eigenvalue weighted by Gasteiger charge is 2.05. The molecule has 0 saturated carbocycles. The van der Waals surface area contributed by atoms with Gasteiger partial charge in [0.15, 0.2) is 23.1 Å². The maximum absolute atomic E-state index is 13.6. The number of rotatable bonds is 7. The lowest BCUT2D eigenvalue weighted by molar-refractivity contribution is -0.116. The number of benzene rings is 2. The Bertz CT molecular complexity index is 774. The van der Waals surface area contributed by atoms with Crippen LogP contribution in [-0.2, 0) is 11.3 Å². The third-order valence-electron chi connectivity index (χ3n) is 3.52. The van der Waals surface area contributed by atoms with Crippen LogP contribution in [0.2, 0.25) is 0 Å². The molecule has 2 rings (SSSR count). The minimum absolute atomic E-state index is 0.162. The van der Waals surface area contributed by atoms with Crippen LogP contribution < -0.4 is 19.5 Å². The van der Waals surface area contributed by atoms with Gasteiger partial charge in [-0.3, -0.25) is 4.79 Å². The molecule has 132 valence electrons. The molecule has 2 aromatic rings. The van der Waals surface area contributed by atoms with Crippen LogP contribution in [0.15, 0.2) is 42.5 Å². The predicted octanol–water partition coefficient (Wildman–Crippen LogP) is 3.18. The van der Waals surface area contributed by atoms with E-state index in [0.717, 1.165) is 5.56 Å². The number of amides is 1. The summed E-state index contributed by atoms with van der Waals surface area (Å²) in [6, 6.07) is 9.88. The number of carbonyl (C=O) groups is 1. The van der Waals surface area contributed by atoms with Crippen LogP contribution in [0.1, 0.15) is 11.1 Å². The molecule has 1 amide bonds. The third kappa shape index (κ3) is 4.97. The largest absolute Gasteiger partial charge is 0.494 e. The van der Waals surface area contributed by atoms with Gasteiger partial charge in [-0.2, -0.15) is 0 Å². The zero-order chi connectivity index (χ0) is 18.2. The van der Waals surface area contributed by atoms with Crippen molar-refractivity contribution in [1.29, 1.82) is 0 Å². The van der Waals surface area contributed by atoms with E-state index in [1.807, 2.05) is 6.07 Å². The number of carbonyl (C=O) groups excluding carboxylic acids is 1. The van der Waals surface area contributed by atoms with Gasteiger partial charge in [-0.05, 0) is 41.5 Å². The number of hydrogen-bond acceptors (Lipinski definition) is 4. The van der Waals surface area contributed by atoms with E-state index in [1.54, 1.807) is 32.4 Å². The van der Waals surface area contributed by atoms with Crippen LogP contribution in [0.5, 0.6) is 17.2 Å². The van der Waals surface area contributed by atoms with Gasteiger partial charge in [0.25, 0.3) is 0 Å². The normalized spacial score (nSPS) is 10.6. The van der Waals surface area contributed by atoms with Crippen molar-refractivity contribution in [3.8, 4) is 17.2 Å². The second-order valence-corrected chi connectivity index (χ2v) is 5.13. The molecule has 0 atom stereocenters. The van der Waals surface area contributed by atoms with Gasteiger partial charge in [0, 0.05) is 12.6 Å². The van der Waals surface area contributed by atoms with Crippen LogP contribution >= 0.6 is 0 Å². The van der Waals surface area contributed by atoms with E-state index >= 15 is 0 Å². The zero-order valence-corrected chi connectivity index (χ0v) is 14.3. The average molecular weight is 345 g/mol. The molecule has 1 N–H and O–H groups in total. The molecule has 25 heavy (non-hydrogen) atoms. The van der Waals surface area contributed by atoms with Gasteiger partial charge >= 0.3 is 0 Å². The summed E-state index contributed by atoms with van der Waals surface area (Å²) in [6.45, 7) is 0.334. The molecule has 0 heterocycles. The van der Waals surface area contributed by atoms with Crippen molar-refractivity contribution >= 4 is 12.0 Å². The minimum Gasteiger partial charge on any atom is -0.494 e. The third-order valence-corrected chi connectivity index (χ3v) is 3.52. The lowest BCUT2D eigenvalue weighted by atomic mass is 10.2. The summed E-state index contributed by atoms with van der Waals surface area (Å²) in [5.41, 5.74) is 1.44. The summed E-state index contributed by atoms with van der Waals surface area (Å²) < 4.78 is 28.8. The first-order chi connectivity index (χ1) is 12.1. The smallest absolute Gasteiger partial charge is 0.244 e. The second-order valence-electron chi connectivity index (χ2n) is 5.13. The maximum atomic E-state index is 13.6. The molecule has 0 aromatic heterocycles. The van der Waals surface area contributed by atoms with E-state index in [-0.39, 0.29) is 11.7 Å². The molecule has 0 unspecified atom stereocenters. The molecular weight excluding hydrogens is 325 g/mol. The first-order valence-corrected chi connectivity index (χ1v) is 7.57. The van der Waals surface area contributed by atoms with E-state index in [1.165, 1.54) is 31.4 Å². The van der Waals surface area contributed by atoms with Crippen molar-refractivity contribution in [1.82, 2.24) is 5.32 Å². The van der Waals surface area contributed by atoms with Crippen molar-refractivity contribution < 1.29 is 23.4 Å². The van der Waals surface area contributed by atoms with Gasteiger partial charge in [0.2, 0.25) is 5.91 Å². The topological polar surface area (TPSA) is 56.8 Å². The Balaban J connectivity index is 1.95. The molecule has 0 aliphatic heterocycles. The molecule has 0 spiro atoms. The molecule has 0 radical (unpaired) electrons. The Morgan fingerprint density at radius 2 is 1.68 bits per heavy atom. The summed E-state index contributed by atoms with van der Waals surface area (Å²) in [7, 11) is 4.51. The summed E-state index contributed by atoms with van der Waals surface area (Å²) in [5, 5.41) is 2.75. The van der Waals surface area contributed by atoms with Crippen molar-refractivity contribution in [3.05, 3.63) is 59.4 Å². The van der Waals surface area contributed by atoms with E-state index in [9.17, 15) is 9.18 Å². The summed E-state index contributed by atoms with van der Waals surface area (Å²) >= 11 is 0. The summed E-state index contributed by atoms with van der Waals surface area (Å²) in [6.07, 6.45) is 2.88. The number of nitrogens with one attached hydrogen (secondary N) is 1. The lowest BCUT2D eigenvalue weighted by Gasteiger charge is -2.09. The van der Waals surface area contributed by atoms with Crippen LogP contribution in [0, 0.1) is 5.82 Å². The van der Waals surface area contributed by atoms with Gasteiger partial charge in [0.1, 0.15) is 0 Å². The Morgan fingerprint density at radius 1 is 1.00 bits per heavy atom. The van der Waals surface area contributed by atoms with E-state index in [2.05, 4.69) is 5.32 Å². The number of hydrogen-bond donors (Lipinski definition) is 1. The molecule has 2 aromatic carbocycles. The Hall–Kier alpha value is -3.02. The van der Waals surface area contributed by atoms with Gasteiger partial charge in [0.05, 0.1) is 21.3 Å². The van der Waals surface area contributed by atoms with Crippen molar-refractivity contribution in [2.75, 3.05) is 21.3 Å². The van der Waals surface area contributed by atoms with Gasteiger partial charge in [-0.15, -0.1) is 0 Å². The highest BCUT2D eigenvalue weighted by molar-refractivity contribution is 5.91. The van der Waals surface area contributed by atoms with Gasteiger partial charge < -0.3 is 19.5 Å². The number of methoxy groups -OCH3 is 3.